The third-order valence-electron chi connectivity index (χ3n) is 5.13. The van der Waals surface area contributed by atoms with Crippen molar-refractivity contribution in [3.63, 3.8) is 0 Å². The van der Waals surface area contributed by atoms with E-state index in [9.17, 15) is 0 Å². The Morgan fingerprint density at radius 3 is 2.52 bits per heavy atom. The number of morpholine rings is 1. The van der Waals surface area contributed by atoms with Crippen LogP contribution in [-0.2, 0) is 11.3 Å². The number of halogens is 1. The fourth-order valence-electron chi connectivity index (χ4n) is 3.40. The maximum atomic E-state index is 5.78. The smallest absolute Gasteiger partial charge is 0.191 e. The van der Waals surface area contributed by atoms with Crippen molar-refractivity contribution < 1.29 is 14.2 Å². The number of ether oxygens (including phenoxy) is 3. The molecule has 0 saturated carbocycles. The molecular weight excluding hydrogens is 483 g/mol. The number of guanidine groups is 1. The summed E-state index contributed by atoms with van der Waals surface area (Å²) in [5.41, 5.74) is 1.14. The third-order valence-corrected chi connectivity index (χ3v) is 5.13. The lowest BCUT2D eigenvalue weighted by Gasteiger charge is -2.41. The number of nitrogens with zero attached hydrogens (tertiary/aromatic N) is 2. The van der Waals surface area contributed by atoms with E-state index in [2.05, 4.69) is 42.4 Å². The second-order valence-corrected chi connectivity index (χ2v) is 7.79. The Hall–Kier alpha value is -1.26. The maximum Gasteiger partial charge on any atom is 0.191 e. The number of benzene rings is 1. The predicted octanol–water partition coefficient (Wildman–Crippen LogP) is 2.63. The van der Waals surface area contributed by atoms with Crippen LogP contribution in [0.2, 0.25) is 0 Å². The highest BCUT2D eigenvalue weighted by atomic mass is 127. The molecule has 0 spiro atoms. The van der Waals surface area contributed by atoms with Crippen LogP contribution in [0.4, 0.5) is 0 Å². The molecule has 1 fully saturated rings. The van der Waals surface area contributed by atoms with E-state index < -0.39 is 0 Å². The molecule has 0 unspecified atom stereocenters. The van der Waals surface area contributed by atoms with Crippen LogP contribution in [0.25, 0.3) is 0 Å². The van der Waals surface area contributed by atoms with Crippen molar-refractivity contribution in [2.45, 2.75) is 39.3 Å². The minimum absolute atomic E-state index is 0. The predicted molar refractivity (Wildman–Crippen MR) is 127 cm³/mol. The van der Waals surface area contributed by atoms with Crippen molar-refractivity contribution in [3.8, 4) is 11.5 Å². The van der Waals surface area contributed by atoms with Crippen LogP contribution in [0.5, 0.6) is 11.5 Å². The second kappa shape index (κ2) is 11.8. The Balaban J connectivity index is 0.00000300. The molecule has 3 rings (SSSR count). The topological polar surface area (TPSA) is 67.4 Å². The van der Waals surface area contributed by atoms with Gasteiger partial charge in [-0.1, -0.05) is 6.07 Å². The molecule has 1 saturated heterocycles. The number of hydrogen-bond donors (Lipinski definition) is 2. The van der Waals surface area contributed by atoms with Gasteiger partial charge >= 0.3 is 0 Å². The lowest BCUT2D eigenvalue weighted by Crippen LogP contribution is -2.56. The molecule has 0 aliphatic carbocycles. The molecule has 0 amide bonds. The fourth-order valence-corrected chi connectivity index (χ4v) is 3.40. The van der Waals surface area contributed by atoms with Gasteiger partial charge in [-0.2, -0.15) is 0 Å². The summed E-state index contributed by atoms with van der Waals surface area (Å²) in [5, 5.41) is 6.84. The molecule has 2 N–H and O–H groups in total. The average Bonchev–Trinajstić information content (AvgIpc) is 2.96. The molecule has 29 heavy (non-hydrogen) atoms. The van der Waals surface area contributed by atoms with Gasteiger partial charge in [0, 0.05) is 38.1 Å². The summed E-state index contributed by atoms with van der Waals surface area (Å²) in [4.78, 5) is 7.23. The maximum absolute atomic E-state index is 5.78. The number of rotatable bonds is 6. The first kappa shape index (κ1) is 24.0. The Morgan fingerprint density at radius 2 is 1.79 bits per heavy atom. The molecule has 2 heterocycles. The first-order chi connectivity index (χ1) is 13.6. The van der Waals surface area contributed by atoms with E-state index in [-0.39, 0.29) is 29.5 Å². The molecule has 0 atom stereocenters. The number of fused-ring (bicyclic) bond motifs is 1. The molecule has 0 bridgehead atoms. The van der Waals surface area contributed by atoms with Crippen LogP contribution in [0.3, 0.4) is 0 Å². The van der Waals surface area contributed by atoms with Gasteiger partial charge in [0.25, 0.3) is 0 Å². The van der Waals surface area contributed by atoms with Gasteiger partial charge in [-0.25, -0.2) is 4.99 Å². The first-order valence-electron chi connectivity index (χ1n) is 10.3. The van der Waals surface area contributed by atoms with Gasteiger partial charge in [-0.3, -0.25) is 4.90 Å². The number of aliphatic imine (C=N–C) groups is 1. The molecule has 164 valence electrons. The van der Waals surface area contributed by atoms with Crippen LogP contribution < -0.4 is 20.1 Å². The van der Waals surface area contributed by atoms with Crippen molar-refractivity contribution in [3.05, 3.63) is 23.8 Å². The first-order valence-corrected chi connectivity index (χ1v) is 10.3. The summed E-state index contributed by atoms with van der Waals surface area (Å²) in [6.45, 7) is 13.8. The fraction of sp³-hybridized carbons (Fsp3) is 0.667. The minimum atomic E-state index is 0. The van der Waals surface area contributed by atoms with E-state index in [1.807, 2.05) is 12.1 Å². The van der Waals surface area contributed by atoms with Crippen molar-refractivity contribution in [1.29, 1.82) is 0 Å². The van der Waals surface area contributed by atoms with Crippen LogP contribution in [-0.4, -0.2) is 69.0 Å². The van der Waals surface area contributed by atoms with Gasteiger partial charge < -0.3 is 24.8 Å². The summed E-state index contributed by atoms with van der Waals surface area (Å²) in [6.07, 6.45) is 0.912. The van der Waals surface area contributed by atoms with Crippen molar-refractivity contribution in [2.24, 2.45) is 4.99 Å². The van der Waals surface area contributed by atoms with Crippen LogP contribution >= 0.6 is 24.0 Å². The lowest BCUT2D eigenvalue weighted by molar-refractivity contribution is -0.00834. The van der Waals surface area contributed by atoms with Gasteiger partial charge in [-0.15, -0.1) is 24.0 Å². The van der Waals surface area contributed by atoms with E-state index in [0.717, 1.165) is 68.8 Å². The second-order valence-electron chi connectivity index (χ2n) is 7.79. The van der Waals surface area contributed by atoms with E-state index in [4.69, 9.17) is 19.2 Å². The zero-order valence-corrected chi connectivity index (χ0v) is 20.2. The van der Waals surface area contributed by atoms with Crippen molar-refractivity contribution >= 4 is 29.9 Å². The number of nitrogens with one attached hydrogen (secondary N) is 2. The molecular formula is C21H35IN4O3. The summed E-state index contributed by atoms with van der Waals surface area (Å²) in [7, 11) is 0. The van der Waals surface area contributed by atoms with Gasteiger partial charge in [0.2, 0.25) is 0 Å². The van der Waals surface area contributed by atoms with Gasteiger partial charge in [0.05, 0.1) is 33.0 Å². The van der Waals surface area contributed by atoms with Crippen LogP contribution in [0, 0.1) is 0 Å². The molecule has 1 aromatic carbocycles. The van der Waals surface area contributed by atoms with E-state index in [1.54, 1.807) is 0 Å². The van der Waals surface area contributed by atoms with Crippen molar-refractivity contribution in [2.75, 3.05) is 52.6 Å². The van der Waals surface area contributed by atoms with E-state index in [0.29, 0.717) is 19.8 Å². The van der Waals surface area contributed by atoms with Crippen molar-refractivity contribution in [1.82, 2.24) is 15.5 Å². The van der Waals surface area contributed by atoms with Crippen LogP contribution in [0.15, 0.2) is 23.2 Å². The molecule has 0 aromatic heterocycles. The molecule has 1 aromatic rings. The molecule has 7 nitrogen and oxygen atoms in total. The van der Waals surface area contributed by atoms with E-state index in [1.165, 1.54) is 0 Å². The monoisotopic (exact) mass is 518 g/mol. The standard InChI is InChI=1S/C21H34N4O3.HI/c1-4-22-20(24-16-21(2,3)25-8-12-26-13-9-25)23-15-17-6-7-18-19(14-17)28-11-5-10-27-18;/h6-7,14H,4-5,8-13,15-16H2,1-3H3,(H2,22,23,24);1H. The highest BCUT2D eigenvalue weighted by Crippen LogP contribution is 2.30. The zero-order valence-electron chi connectivity index (χ0n) is 17.8. The van der Waals surface area contributed by atoms with Crippen LogP contribution in [0.1, 0.15) is 32.8 Å². The Bertz CT molecular complexity index is 663. The lowest BCUT2D eigenvalue weighted by atomic mass is 10.0. The minimum Gasteiger partial charge on any atom is -0.490 e. The van der Waals surface area contributed by atoms with E-state index >= 15 is 0 Å². The summed E-state index contributed by atoms with van der Waals surface area (Å²) in [5.74, 6) is 2.47. The molecule has 0 radical (unpaired) electrons. The Labute approximate surface area is 191 Å². The quantitative estimate of drug-likeness (QED) is 0.343. The highest BCUT2D eigenvalue weighted by Gasteiger charge is 2.28. The normalized spacial score (nSPS) is 17.8. The third kappa shape index (κ3) is 7.18. The summed E-state index contributed by atoms with van der Waals surface area (Å²) in [6, 6.07) is 6.07. The summed E-state index contributed by atoms with van der Waals surface area (Å²) < 4.78 is 17.0. The molecule has 2 aliphatic rings. The molecule has 2 aliphatic heterocycles. The Kier molecular flexibility index (Phi) is 9.78. The highest BCUT2D eigenvalue weighted by molar-refractivity contribution is 14.0. The summed E-state index contributed by atoms with van der Waals surface area (Å²) >= 11 is 0. The zero-order chi connectivity index (χ0) is 19.8. The van der Waals surface area contributed by atoms with Gasteiger partial charge in [0.15, 0.2) is 17.5 Å². The largest absolute Gasteiger partial charge is 0.490 e. The average molecular weight is 518 g/mol. The van der Waals surface area contributed by atoms with Gasteiger partial charge in [0.1, 0.15) is 0 Å². The Morgan fingerprint density at radius 1 is 1.07 bits per heavy atom. The van der Waals surface area contributed by atoms with Gasteiger partial charge in [-0.05, 0) is 38.5 Å². The molecule has 8 heteroatoms. The number of hydrogen-bond acceptors (Lipinski definition) is 5. The SMILES string of the molecule is CCNC(=NCc1ccc2c(c1)OCCCO2)NCC(C)(C)N1CCOCC1.I.